The summed E-state index contributed by atoms with van der Waals surface area (Å²) in [5.41, 5.74) is 0. The molecule has 0 aromatic rings. The molecule has 1 rings (SSSR count). The van der Waals surface area contributed by atoms with Gasteiger partial charge in [0.15, 0.2) is 0 Å². The van der Waals surface area contributed by atoms with Gasteiger partial charge in [0.1, 0.15) is 0 Å². The van der Waals surface area contributed by atoms with Crippen LogP contribution in [0.1, 0.15) is 51.4 Å². The van der Waals surface area contributed by atoms with Crippen molar-refractivity contribution in [2.24, 2.45) is 0 Å². The van der Waals surface area contributed by atoms with Gasteiger partial charge in [-0.2, -0.15) is 0 Å². The summed E-state index contributed by atoms with van der Waals surface area (Å²) < 4.78 is 9.56. The number of methoxy groups -OCH3 is 1. The largest absolute Gasteiger partial charge is 0.469 e. The van der Waals surface area contributed by atoms with E-state index < -0.39 is 0 Å². The van der Waals surface area contributed by atoms with Crippen LogP contribution >= 0.6 is 0 Å². The molecule has 126 valence electrons. The van der Waals surface area contributed by atoms with Gasteiger partial charge >= 0.3 is 5.97 Å². The Hall–Kier alpha value is -1.86. The fraction of sp³-hybridized carbons (Fsp3) is 0.579. The molecule has 4 nitrogen and oxygen atoms in total. The Labute approximate surface area is 138 Å². The lowest BCUT2D eigenvalue weighted by Gasteiger charge is -1.99. The van der Waals surface area contributed by atoms with E-state index in [-0.39, 0.29) is 17.9 Å². The van der Waals surface area contributed by atoms with Crippen LogP contribution in [0.15, 0.2) is 24.3 Å². The first-order valence-corrected chi connectivity index (χ1v) is 8.27. The van der Waals surface area contributed by atoms with Crippen molar-refractivity contribution >= 4 is 11.8 Å². The molecular formula is C19H26O4. The second-order valence-corrected chi connectivity index (χ2v) is 5.46. The van der Waals surface area contributed by atoms with Gasteiger partial charge in [0, 0.05) is 12.8 Å². The molecule has 1 unspecified atom stereocenters. The lowest BCUT2D eigenvalue weighted by atomic mass is 10.1. The first-order chi connectivity index (χ1) is 11.2. The molecule has 0 radical (unpaired) electrons. The minimum absolute atomic E-state index is 0.121. The van der Waals surface area contributed by atoms with E-state index >= 15 is 0 Å². The number of allylic oxidation sites excluding steroid dienone is 3. The van der Waals surface area contributed by atoms with Crippen LogP contribution in [0.5, 0.6) is 0 Å². The normalized spacial score (nSPS) is 16.3. The number of carbonyl (C=O) groups is 2. The number of ketones is 1. The predicted molar refractivity (Wildman–Crippen MR) is 89.8 cm³/mol. The number of hydrogen-bond donors (Lipinski definition) is 0. The molecule has 1 fully saturated rings. The molecule has 4 heteroatoms. The number of unbranched alkanes of at least 4 members (excludes halogenated alkanes) is 5. The van der Waals surface area contributed by atoms with E-state index in [0.29, 0.717) is 19.4 Å². The maximum Gasteiger partial charge on any atom is 0.305 e. The quantitative estimate of drug-likeness (QED) is 0.111. The van der Waals surface area contributed by atoms with Gasteiger partial charge in [-0.3, -0.25) is 9.59 Å². The Morgan fingerprint density at radius 2 is 1.91 bits per heavy atom. The fourth-order valence-corrected chi connectivity index (χ4v) is 1.97. The maximum absolute atomic E-state index is 11.3. The first-order valence-electron chi connectivity index (χ1n) is 8.27. The molecule has 1 aliphatic heterocycles. The van der Waals surface area contributed by atoms with Crippen molar-refractivity contribution in [1.82, 2.24) is 0 Å². The summed E-state index contributed by atoms with van der Waals surface area (Å²) in [6.07, 6.45) is 15.1. The minimum atomic E-state index is -0.166. The second-order valence-electron chi connectivity index (χ2n) is 5.46. The van der Waals surface area contributed by atoms with Gasteiger partial charge < -0.3 is 9.47 Å². The number of hydrogen-bond acceptors (Lipinski definition) is 4. The zero-order valence-corrected chi connectivity index (χ0v) is 13.9. The van der Waals surface area contributed by atoms with Crippen molar-refractivity contribution in [1.29, 1.82) is 0 Å². The van der Waals surface area contributed by atoms with Crippen LogP contribution in [0.4, 0.5) is 0 Å². The van der Waals surface area contributed by atoms with Crippen LogP contribution in [0.3, 0.4) is 0 Å². The van der Waals surface area contributed by atoms with Crippen LogP contribution in [0.25, 0.3) is 0 Å². The molecule has 1 aliphatic rings. The van der Waals surface area contributed by atoms with E-state index in [1.54, 1.807) is 6.08 Å². The highest BCUT2D eigenvalue weighted by Gasteiger charge is 2.18. The molecule has 0 N–H and O–H groups in total. The Balaban J connectivity index is 1.90. The van der Waals surface area contributed by atoms with E-state index in [1.807, 2.05) is 6.08 Å². The van der Waals surface area contributed by atoms with Gasteiger partial charge in [-0.05, 0) is 37.3 Å². The maximum atomic E-state index is 11.3. The van der Waals surface area contributed by atoms with Gasteiger partial charge in [0.2, 0.25) is 5.78 Å². The Bertz CT molecular complexity index is 475. The van der Waals surface area contributed by atoms with Gasteiger partial charge in [0.25, 0.3) is 0 Å². The summed E-state index contributed by atoms with van der Waals surface area (Å²) in [5.74, 6) is 5.14. The zero-order chi connectivity index (χ0) is 16.8. The molecule has 0 bridgehead atoms. The summed E-state index contributed by atoms with van der Waals surface area (Å²) in [6.45, 7) is 0.714. The van der Waals surface area contributed by atoms with Crippen LogP contribution in [0.2, 0.25) is 0 Å². The van der Waals surface area contributed by atoms with Gasteiger partial charge in [0.05, 0.1) is 19.8 Å². The smallest absolute Gasteiger partial charge is 0.305 e. The van der Waals surface area contributed by atoms with Crippen LogP contribution in [-0.4, -0.2) is 31.6 Å². The number of carbonyl (C=O) groups excluding carboxylic acids is 2. The average Bonchev–Trinajstić information content (AvgIpc) is 3.38. The average molecular weight is 318 g/mol. The summed E-state index contributed by atoms with van der Waals surface area (Å²) >= 11 is 0. The Morgan fingerprint density at radius 3 is 2.65 bits per heavy atom. The second kappa shape index (κ2) is 12.7. The van der Waals surface area contributed by atoms with Crippen LogP contribution < -0.4 is 0 Å². The van der Waals surface area contributed by atoms with Crippen molar-refractivity contribution in [2.75, 3.05) is 13.7 Å². The van der Waals surface area contributed by atoms with E-state index in [0.717, 1.165) is 32.1 Å². The molecule has 0 aromatic carbocycles. The van der Waals surface area contributed by atoms with Crippen molar-refractivity contribution in [3.05, 3.63) is 24.3 Å². The summed E-state index contributed by atoms with van der Waals surface area (Å²) in [6, 6.07) is 0. The molecule has 0 aliphatic carbocycles. The van der Waals surface area contributed by atoms with Crippen LogP contribution in [0, 0.1) is 11.8 Å². The number of esters is 1. The Kier molecular flexibility index (Phi) is 10.6. The molecule has 0 aromatic heterocycles. The summed E-state index contributed by atoms with van der Waals surface area (Å²) in [5, 5.41) is 0. The number of rotatable bonds is 11. The van der Waals surface area contributed by atoms with Crippen molar-refractivity contribution in [3.63, 3.8) is 0 Å². The van der Waals surface area contributed by atoms with Crippen molar-refractivity contribution in [2.45, 2.75) is 57.5 Å². The molecule has 0 amide bonds. The third kappa shape index (κ3) is 12.4. The third-order valence-corrected chi connectivity index (χ3v) is 3.40. The highest BCUT2D eigenvalue weighted by atomic mass is 16.6. The van der Waals surface area contributed by atoms with Crippen molar-refractivity contribution < 1.29 is 19.1 Å². The number of epoxide rings is 1. The standard InChI is InChI=1S/C19H26O4/c1-22-19(21)13-11-9-7-5-3-2-4-6-8-10-12-17(20)14-15-18-16-23-18/h4,6,14-15,18H,2-3,5,7-9,11,13,16H2,1H3/b6-4-,15-14+. The summed E-state index contributed by atoms with van der Waals surface area (Å²) in [7, 11) is 1.43. The van der Waals surface area contributed by atoms with Gasteiger partial charge in [-0.15, -0.1) is 0 Å². The topological polar surface area (TPSA) is 55.9 Å². The minimum Gasteiger partial charge on any atom is -0.469 e. The first kappa shape index (κ1) is 19.2. The highest BCUT2D eigenvalue weighted by molar-refractivity contribution is 6.04. The zero-order valence-electron chi connectivity index (χ0n) is 13.9. The predicted octanol–water partition coefficient (Wildman–Crippen LogP) is 3.36. The molecule has 23 heavy (non-hydrogen) atoms. The van der Waals surface area contributed by atoms with Crippen molar-refractivity contribution in [3.8, 4) is 11.8 Å². The van der Waals surface area contributed by atoms with E-state index in [4.69, 9.17) is 4.74 Å². The number of ether oxygens (including phenoxy) is 2. The van der Waals surface area contributed by atoms with E-state index in [2.05, 4.69) is 22.7 Å². The highest BCUT2D eigenvalue weighted by Crippen LogP contribution is 2.09. The lowest BCUT2D eigenvalue weighted by Crippen LogP contribution is -1.98. The third-order valence-electron chi connectivity index (χ3n) is 3.40. The SMILES string of the molecule is COC(=O)CCCCCCC/C=C\CC#CC(=O)/C=C/C1CO1. The molecular weight excluding hydrogens is 292 g/mol. The summed E-state index contributed by atoms with van der Waals surface area (Å²) in [4.78, 5) is 22.2. The van der Waals surface area contributed by atoms with E-state index in [1.165, 1.54) is 19.6 Å². The molecule has 1 saturated heterocycles. The van der Waals surface area contributed by atoms with Gasteiger partial charge in [-0.25, -0.2) is 0 Å². The lowest BCUT2D eigenvalue weighted by molar-refractivity contribution is -0.140. The van der Waals surface area contributed by atoms with Crippen LogP contribution in [-0.2, 0) is 19.1 Å². The fourth-order valence-electron chi connectivity index (χ4n) is 1.97. The molecule has 1 heterocycles. The molecule has 0 saturated carbocycles. The monoisotopic (exact) mass is 318 g/mol. The van der Waals surface area contributed by atoms with Gasteiger partial charge in [-0.1, -0.05) is 37.3 Å². The Morgan fingerprint density at radius 1 is 1.17 bits per heavy atom. The molecule has 0 spiro atoms. The molecule has 1 atom stereocenters. The van der Waals surface area contributed by atoms with E-state index in [9.17, 15) is 9.59 Å².